The molecule has 48 heavy (non-hydrogen) atoms. The maximum absolute atomic E-state index is 2.59. The van der Waals surface area contributed by atoms with E-state index < -0.39 is 0 Å². The predicted molar refractivity (Wildman–Crippen MR) is 206 cm³/mol. The first-order chi connectivity index (χ1) is 23.8. The third-order valence-electron chi connectivity index (χ3n) is 11.4. The highest BCUT2D eigenvalue weighted by Crippen LogP contribution is 2.44. The van der Waals surface area contributed by atoms with Crippen LogP contribution in [-0.4, -0.2) is 22.6 Å². The van der Waals surface area contributed by atoms with Crippen LogP contribution in [0.1, 0.15) is 0 Å². The van der Waals surface area contributed by atoms with E-state index in [0.717, 1.165) is 0 Å². The van der Waals surface area contributed by atoms with E-state index in [1.54, 1.807) is 0 Å². The molecule has 0 amide bonds. The standard InChI is InChI=1S/C42H22B2N2S2/c1-4-14-31-27(10-1)43-28-11-2-5-16-35(28)48-38-20-19-24-26-22-34-25(21-33(26)45(31)42(24)40(38)43)23-9-7-13-30-41(23)46(34)32-15-8-18-37-39(32)44(30)29-12-3-6-17-36(29)47-37/h1-22H. The average molecular weight is 640 g/mol. The summed E-state index contributed by atoms with van der Waals surface area (Å²) in [6, 6.07) is 50.9. The molecule has 0 saturated heterocycles. The Kier molecular flexibility index (Phi) is 4.44. The van der Waals surface area contributed by atoms with Gasteiger partial charge in [-0.15, -0.1) is 0 Å². The lowest BCUT2D eigenvalue weighted by Crippen LogP contribution is -2.58. The number of para-hydroxylation sites is 2. The number of rotatable bonds is 0. The van der Waals surface area contributed by atoms with E-state index in [4.69, 9.17) is 0 Å². The quantitative estimate of drug-likeness (QED) is 0.176. The van der Waals surface area contributed by atoms with Gasteiger partial charge in [-0.05, 0) is 70.4 Å². The van der Waals surface area contributed by atoms with E-state index >= 15 is 0 Å². The molecule has 4 aliphatic heterocycles. The topological polar surface area (TPSA) is 9.86 Å². The van der Waals surface area contributed by atoms with Gasteiger partial charge in [-0.1, -0.05) is 119 Å². The summed E-state index contributed by atoms with van der Waals surface area (Å²) < 4.78 is 5.18. The second-order valence-electron chi connectivity index (χ2n) is 13.6. The first kappa shape index (κ1) is 25.0. The molecule has 0 aliphatic carbocycles. The van der Waals surface area contributed by atoms with Crippen molar-refractivity contribution in [2.75, 3.05) is 0 Å². The number of fused-ring (bicyclic) bond motifs is 15. The number of aromatic nitrogens is 2. The minimum Gasteiger partial charge on any atom is -0.310 e. The Bertz CT molecular complexity index is 2990. The highest BCUT2D eigenvalue weighted by molar-refractivity contribution is 8.00. The highest BCUT2D eigenvalue weighted by atomic mass is 32.2. The molecule has 0 radical (unpaired) electrons. The number of hydrogen-bond acceptors (Lipinski definition) is 2. The Balaban J connectivity index is 1.20. The maximum Gasteiger partial charge on any atom is 0.249 e. The van der Waals surface area contributed by atoms with Crippen molar-refractivity contribution < 1.29 is 0 Å². The van der Waals surface area contributed by atoms with E-state index in [2.05, 4.69) is 143 Å². The van der Waals surface area contributed by atoms with Crippen LogP contribution in [0.4, 0.5) is 0 Å². The number of hydrogen-bond donors (Lipinski definition) is 0. The largest absolute Gasteiger partial charge is 0.310 e. The van der Waals surface area contributed by atoms with Crippen molar-refractivity contribution in [2.45, 2.75) is 19.6 Å². The van der Waals surface area contributed by atoms with Gasteiger partial charge in [0.25, 0.3) is 0 Å². The minimum absolute atomic E-state index is 0.236. The van der Waals surface area contributed by atoms with Crippen LogP contribution in [0.5, 0.6) is 0 Å². The zero-order valence-corrected chi connectivity index (χ0v) is 27.2. The summed E-state index contributed by atoms with van der Waals surface area (Å²) in [6.07, 6.45) is 0. The zero-order chi connectivity index (χ0) is 30.8. The molecule has 2 nitrogen and oxygen atoms in total. The predicted octanol–water partition coefficient (Wildman–Crippen LogP) is 6.47. The lowest BCUT2D eigenvalue weighted by molar-refractivity contribution is 1.17. The Morgan fingerprint density at radius 2 is 0.917 bits per heavy atom. The van der Waals surface area contributed by atoms with Crippen molar-refractivity contribution in [3.63, 3.8) is 0 Å². The second kappa shape index (κ2) is 8.51. The molecule has 9 aromatic rings. The molecule has 0 unspecified atom stereocenters. The zero-order valence-electron chi connectivity index (χ0n) is 25.6. The summed E-state index contributed by atoms with van der Waals surface area (Å²) in [5.41, 5.74) is 16.5. The van der Waals surface area contributed by atoms with Gasteiger partial charge in [-0.3, -0.25) is 0 Å². The molecular formula is C42H22B2N2S2. The molecule has 6 heterocycles. The van der Waals surface area contributed by atoms with Crippen LogP contribution < -0.4 is 32.8 Å². The summed E-state index contributed by atoms with van der Waals surface area (Å²) >= 11 is 3.85. The third kappa shape index (κ3) is 2.80. The first-order valence-electron chi connectivity index (χ1n) is 16.7. The van der Waals surface area contributed by atoms with E-state index in [1.807, 2.05) is 23.5 Å². The first-order valence-corrected chi connectivity index (χ1v) is 18.3. The summed E-state index contributed by atoms with van der Waals surface area (Å²) in [5, 5.41) is 5.33. The molecular weight excluding hydrogens is 618 g/mol. The summed E-state index contributed by atoms with van der Waals surface area (Å²) in [5.74, 6) is 0. The summed E-state index contributed by atoms with van der Waals surface area (Å²) in [6.45, 7) is 0.471. The molecule has 4 aliphatic rings. The minimum atomic E-state index is 0.236. The van der Waals surface area contributed by atoms with E-state index in [1.165, 1.54) is 107 Å². The van der Waals surface area contributed by atoms with Crippen molar-refractivity contribution in [1.29, 1.82) is 0 Å². The van der Waals surface area contributed by atoms with Crippen LogP contribution in [0.25, 0.3) is 55.0 Å². The molecule has 2 aromatic heterocycles. The number of nitrogens with zero attached hydrogens (tertiary/aromatic N) is 2. The van der Waals surface area contributed by atoms with Gasteiger partial charge in [0.05, 0.1) is 16.6 Å². The molecule has 0 saturated carbocycles. The van der Waals surface area contributed by atoms with Gasteiger partial charge in [-0.2, -0.15) is 0 Å². The molecule has 6 heteroatoms. The Hall–Kier alpha value is -5.03. The van der Waals surface area contributed by atoms with Crippen LogP contribution in [0, 0.1) is 0 Å². The maximum atomic E-state index is 2.59. The molecule has 0 fully saturated rings. The number of benzene rings is 7. The summed E-state index contributed by atoms with van der Waals surface area (Å²) in [4.78, 5) is 5.49. The molecule has 0 atom stereocenters. The van der Waals surface area contributed by atoms with Gasteiger partial charge < -0.3 is 9.13 Å². The summed E-state index contributed by atoms with van der Waals surface area (Å²) in [7, 11) is 0. The van der Waals surface area contributed by atoms with Crippen LogP contribution >= 0.6 is 23.5 Å². The van der Waals surface area contributed by atoms with Crippen LogP contribution in [0.15, 0.2) is 153 Å². The fraction of sp³-hybridized carbons (Fsp3) is 0. The van der Waals surface area contributed by atoms with Crippen molar-refractivity contribution in [2.24, 2.45) is 0 Å². The van der Waals surface area contributed by atoms with Gasteiger partial charge in [0.15, 0.2) is 0 Å². The molecule has 13 rings (SSSR count). The Morgan fingerprint density at radius 3 is 1.69 bits per heavy atom. The highest BCUT2D eigenvalue weighted by Gasteiger charge is 2.41. The fourth-order valence-corrected chi connectivity index (χ4v) is 12.0. The van der Waals surface area contributed by atoms with Gasteiger partial charge in [0.1, 0.15) is 0 Å². The lowest BCUT2D eigenvalue weighted by Gasteiger charge is -2.33. The van der Waals surface area contributed by atoms with Crippen LogP contribution in [0.2, 0.25) is 0 Å². The fourth-order valence-electron chi connectivity index (χ4n) is 9.66. The van der Waals surface area contributed by atoms with Gasteiger partial charge in [-0.25, -0.2) is 0 Å². The van der Waals surface area contributed by atoms with Gasteiger partial charge in [0.2, 0.25) is 13.4 Å². The van der Waals surface area contributed by atoms with Crippen molar-refractivity contribution >= 4 is 113 Å². The average Bonchev–Trinajstić information content (AvgIpc) is 3.64. The molecule has 0 bridgehead atoms. The normalized spacial score (nSPS) is 14.4. The van der Waals surface area contributed by atoms with E-state index in [-0.39, 0.29) is 13.4 Å². The molecule has 0 spiro atoms. The van der Waals surface area contributed by atoms with Crippen molar-refractivity contribution in [3.8, 4) is 11.4 Å². The van der Waals surface area contributed by atoms with E-state index in [0.29, 0.717) is 0 Å². The lowest BCUT2D eigenvalue weighted by atomic mass is 9.35. The third-order valence-corrected chi connectivity index (χ3v) is 13.8. The Morgan fingerprint density at radius 1 is 0.375 bits per heavy atom. The smallest absolute Gasteiger partial charge is 0.249 e. The van der Waals surface area contributed by atoms with E-state index in [9.17, 15) is 0 Å². The Labute approximate surface area is 285 Å². The van der Waals surface area contributed by atoms with Gasteiger partial charge in [0, 0.05) is 58.0 Å². The molecule has 0 N–H and O–H groups in total. The SMILES string of the molecule is c1ccc2c(c1)Sc1cccc3c1B2c1cccc2c4cc5c(cc4n-3c12)c1ccc2c3c1n5-c1ccccc1B3c1ccccc1S2. The van der Waals surface area contributed by atoms with Gasteiger partial charge >= 0.3 is 0 Å². The van der Waals surface area contributed by atoms with Crippen molar-refractivity contribution in [1.82, 2.24) is 9.13 Å². The van der Waals surface area contributed by atoms with Crippen molar-refractivity contribution in [3.05, 3.63) is 133 Å². The molecule has 218 valence electrons. The van der Waals surface area contributed by atoms with Crippen LogP contribution in [-0.2, 0) is 0 Å². The second-order valence-corrected chi connectivity index (χ2v) is 15.7. The molecule has 7 aromatic carbocycles. The monoisotopic (exact) mass is 640 g/mol. The van der Waals surface area contributed by atoms with Crippen LogP contribution in [0.3, 0.4) is 0 Å².